The fourth-order valence-corrected chi connectivity index (χ4v) is 1.70. The number of hydrogen-bond donors (Lipinski definition) is 1. The largest absolute Gasteiger partial charge is 0.494 e. The molecule has 1 heterocycles. The van der Waals surface area contributed by atoms with Crippen molar-refractivity contribution in [3.63, 3.8) is 0 Å². The smallest absolute Gasteiger partial charge is 0.146 e. The minimum absolute atomic E-state index is 0.536. The SMILES string of the molecule is CCCOc1ccc(-c2cc(N)nn2C)cc1. The second-order valence-electron chi connectivity index (χ2n) is 3.95. The Morgan fingerprint density at radius 3 is 2.53 bits per heavy atom. The quantitative estimate of drug-likeness (QED) is 0.879. The average Bonchev–Trinajstić information content (AvgIpc) is 2.66. The number of benzene rings is 1. The molecule has 0 amide bonds. The molecule has 4 heteroatoms. The van der Waals surface area contributed by atoms with Crippen LogP contribution in [0.5, 0.6) is 5.75 Å². The van der Waals surface area contributed by atoms with Crippen molar-refractivity contribution >= 4 is 5.82 Å². The first-order valence-corrected chi connectivity index (χ1v) is 5.73. The number of aromatic nitrogens is 2. The van der Waals surface area contributed by atoms with E-state index in [4.69, 9.17) is 10.5 Å². The lowest BCUT2D eigenvalue weighted by molar-refractivity contribution is 0.317. The van der Waals surface area contributed by atoms with Gasteiger partial charge in [-0.25, -0.2) is 0 Å². The topological polar surface area (TPSA) is 53.1 Å². The Morgan fingerprint density at radius 2 is 2.00 bits per heavy atom. The fraction of sp³-hybridized carbons (Fsp3) is 0.308. The van der Waals surface area contributed by atoms with Crippen LogP contribution >= 0.6 is 0 Å². The maximum Gasteiger partial charge on any atom is 0.146 e. The Balaban J connectivity index is 2.20. The molecule has 0 saturated carbocycles. The van der Waals surface area contributed by atoms with Crippen LogP contribution in [0.3, 0.4) is 0 Å². The van der Waals surface area contributed by atoms with E-state index in [9.17, 15) is 0 Å². The van der Waals surface area contributed by atoms with E-state index in [0.717, 1.165) is 30.0 Å². The minimum Gasteiger partial charge on any atom is -0.494 e. The normalized spacial score (nSPS) is 10.5. The van der Waals surface area contributed by atoms with Crippen molar-refractivity contribution in [1.82, 2.24) is 9.78 Å². The molecule has 0 aliphatic heterocycles. The van der Waals surface area contributed by atoms with Crippen LogP contribution in [0.1, 0.15) is 13.3 Å². The van der Waals surface area contributed by atoms with E-state index in [0.29, 0.717) is 5.82 Å². The van der Waals surface area contributed by atoms with Gasteiger partial charge in [0, 0.05) is 18.7 Å². The molecule has 1 aromatic heterocycles. The van der Waals surface area contributed by atoms with Crippen molar-refractivity contribution in [3.05, 3.63) is 30.3 Å². The van der Waals surface area contributed by atoms with Gasteiger partial charge in [0.25, 0.3) is 0 Å². The molecule has 0 unspecified atom stereocenters. The van der Waals surface area contributed by atoms with E-state index in [1.54, 1.807) is 4.68 Å². The van der Waals surface area contributed by atoms with Gasteiger partial charge in [0.1, 0.15) is 11.6 Å². The molecule has 0 bridgehead atoms. The zero-order chi connectivity index (χ0) is 12.3. The van der Waals surface area contributed by atoms with Gasteiger partial charge in [-0.2, -0.15) is 5.10 Å². The van der Waals surface area contributed by atoms with Crippen LogP contribution < -0.4 is 10.5 Å². The van der Waals surface area contributed by atoms with Crippen LogP contribution in [-0.2, 0) is 7.05 Å². The summed E-state index contributed by atoms with van der Waals surface area (Å²) in [6.07, 6.45) is 1.01. The van der Waals surface area contributed by atoms with Crippen molar-refractivity contribution in [3.8, 4) is 17.0 Å². The number of ether oxygens (including phenoxy) is 1. The maximum absolute atomic E-state index is 5.66. The third-order valence-corrected chi connectivity index (χ3v) is 2.52. The summed E-state index contributed by atoms with van der Waals surface area (Å²) in [6, 6.07) is 9.83. The van der Waals surface area contributed by atoms with E-state index in [1.807, 2.05) is 37.4 Å². The minimum atomic E-state index is 0.536. The van der Waals surface area contributed by atoms with E-state index in [1.165, 1.54) is 0 Å². The maximum atomic E-state index is 5.66. The lowest BCUT2D eigenvalue weighted by Crippen LogP contribution is -1.96. The summed E-state index contributed by atoms with van der Waals surface area (Å²) in [5.41, 5.74) is 7.74. The van der Waals surface area contributed by atoms with E-state index in [2.05, 4.69) is 12.0 Å². The van der Waals surface area contributed by atoms with Crippen LogP contribution in [0.2, 0.25) is 0 Å². The Morgan fingerprint density at radius 1 is 1.29 bits per heavy atom. The molecule has 0 fully saturated rings. The molecular formula is C13H17N3O. The summed E-state index contributed by atoms with van der Waals surface area (Å²) < 4.78 is 7.31. The first-order valence-electron chi connectivity index (χ1n) is 5.73. The lowest BCUT2D eigenvalue weighted by atomic mass is 10.1. The molecule has 1 aromatic carbocycles. The number of rotatable bonds is 4. The first-order chi connectivity index (χ1) is 8.20. The predicted octanol–water partition coefficient (Wildman–Crippen LogP) is 2.46. The Bertz CT molecular complexity index is 488. The molecule has 0 radical (unpaired) electrons. The van der Waals surface area contributed by atoms with Gasteiger partial charge in [-0.1, -0.05) is 6.92 Å². The zero-order valence-electron chi connectivity index (χ0n) is 10.2. The summed E-state index contributed by atoms with van der Waals surface area (Å²) in [4.78, 5) is 0. The highest BCUT2D eigenvalue weighted by atomic mass is 16.5. The number of nitrogens with zero attached hydrogens (tertiary/aromatic N) is 2. The third kappa shape index (κ3) is 2.58. The summed E-state index contributed by atoms with van der Waals surface area (Å²) in [5.74, 6) is 1.43. The summed E-state index contributed by atoms with van der Waals surface area (Å²) in [7, 11) is 1.88. The highest BCUT2D eigenvalue weighted by Gasteiger charge is 2.05. The number of nitrogens with two attached hydrogens (primary N) is 1. The van der Waals surface area contributed by atoms with Gasteiger partial charge >= 0.3 is 0 Å². The van der Waals surface area contributed by atoms with Gasteiger partial charge in [0.2, 0.25) is 0 Å². The molecular weight excluding hydrogens is 214 g/mol. The highest BCUT2D eigenvalue weighted by molar-refractivity contribution is 5.63. The van der Waals surface area contributed by atoms with E-state index < -0.39 is 0 Å². The molecule has 2 aromatic rings. The molecule has 4 nitrogen and oxygen atoms in total. The highest BCUT2D eigenvalue weighted by Crippen LogP contribution is 2.23. The van der Waals surface area contributed by atoms with Gasteiger partial charge in [-0.15, -0.1) is 0 Å². The van der Waals surface area contributed by atoms with Gasteiger partial charge in [-0.3, -0.25) is 4.68 Å². The van der Waals surface area contributed by atoms with Crippen molar-refractivity contribution < 1.29 is 4.74 Å². The zero-order valence-corrected chi connectivity index (χ0v) is 10.2. The molecule has 0 saturated heterocycles. The molecule has 0 atom stereocenters. The van der Waals surface area contributed by atoms with Crippen molar-refractivity contribution in [1.29, 1.82) is 0 Å². The summed E-state index contributed by atoms with van der Waals surface area (Å²) >= 11 is 0. The third-order valence-electron chi connectivity index (χ3n) is 2.52. The van der Waals surface area contributed by atoms with Gasteiger partial charge in [0.05, 0.1) is 12.3 Å². The molecule has 0 aliphatic rings. The Hall–Kier alpha value is -1.97. The molecule has 2 N–H and O–H groups in total. The number of hydrogen-bond acceptors (Lipinski definition) is 3. The van der Waals surface area contributed by atoms with E-state index >= 15 is 0 Å². The number of anilines is 1. The van der Waals surface area contributed by atoms with Crippen LogP contribution in [0.4, 0.5) is 5.82 Å². The second-order valence-corrected chi connectivity index (χ2v) is 3.95. The van der Waals surface area contributed by atoms with Gasteiger partial charge < -0.3 is 10.5 Å². The standard InChI is InChI=1S/C13H17N3O/c1-3-8-17-11-6-4-10(5-7-11)12-9-13(14)15-16(12)2/h4-7,9H,3,8H2,1-2H3,(H2,14,15). The van der Waals surface area contributed by atoms with Crippen LogP contribution in [0.25, 0.3) is 11.3 Å². The first kappa shape index (κ1) is 11.5. The van der Waals surface area contributed by atoms with E-state index in [-0.39, 0.29) is 0 Å². The van der Waals surface area contributed by atoms with Gasteiger partial charge in [-0.05, 0) is 30.7 Å². The van der Waals surface area contributed by atoms with Crippen LogP contribution in [0, 0.1) is 0 Å². The number of nitrogen functional groups attached to an aromatic ring is 1. The van der Waals surface area contributed by atoms with Crippen molar-refractivity contribution in [2.45, 2.75) is 13.3 Å². The summed E-state index contributed by atoms with van der Waals surface area (Å²) in [6.45, 7) is 2.84. The number of aryl methyl sites for hydroxylation is 1. The monoisotopic (exact) mass is 231 g/mol. The Kier molecular flexibility index (Phi) is 3.32. The molecule has 2 rings (SSSR count). The summed E-state index contributed by atoms with van der Waals surface area (Å²) in [5, 5.41) is 4.12. The predicted molar refractivity (Wildman–Crippen MR) is 68.8 cm³/mol. The van der Waals surface area contributed by atoms with Crippen molar-refractivity contribution in [2.75, 3.05) is 12.3 Å². The van der Waals surface area contributed by atoms with Gasteiger partial charge in [0.15, 0.2) is 0 Å². The van der Waals surface area contributed by atoms with Crippen LogP contribution in [0.15, 0.2) is 30.3 Å². The average molecular weight is 231 g/mol. The molecule has 17 heavy (non-hydrogen) atoms. The van der Waals surface area contributed by atoms with Crippen molar-refractivity contribution in [2.24, 2.45) is 7.05 Å². The fourth-order valence-electron chi connectivity index (χ4n) is 1.70. The second kappa shape index (κ2) is 4.91. The molecule has 90 valence electrons. The Labute approximate surface area is 101 Å². The van der Waals surface area contributed by atoms with Crippen LogP contribution in [-0.4, -0.2) is 16.4 Å². The molecule has 0 aliphatic carbocycles. The molecule has 0 spiro atoms. The lowest BCUT2D eigenvalue weighted by Gasteiger charge is -2.06.